The summed E-state index contributed by atoms with van der Waals surface area (Å²) in [5.41, 5.74) is 0. The van der Waals surface area contributed by atoms with Gasteiger partial charge in [-0.25, -0.2) is 0 Å². The van der Waals surface area contributed by atoms with Crippen LogP contribution in [0, 0.1) is 0 Å². The van der Waals surface area contributed by atoms with Gasteiger partial charge in [0.25, 0.3) is 0 Å². The summed E-state index contributed by atoms with van der Waals surface area (Å²) in [4.78, 5) is 0. The van der Waals surface area contributed by atoms with Gasteiger partial charge in [-0.2, -0.15) is 0 Å². The summed E-state index contributed by atoms with van der Waals surface area (Å²) in [5, 5.41) is 16.3. The number of alkyl halides is 1. The first-order chi connectivity index (χ1) is 3.33. The fourth-order valence-corrected chi connectivity index (χ4v) is 0. The molecule has 0 aliphatic carbocycles. The van der Waals surface area contributed by atoms with E-state index in [1.165, 1.54) is 0 Å². The highest BCUT2D eigenvalue weighted by molar-refractivity contribution is 9.09. The van der Waals surface area contributed by atoms with Gasteiger partial charge in [-0.05, 0) is 0 Å². The van der Waals surface area contributed by atoms with Crippen molar-refractivity contribution in [1.29, 1.82) is 0 Å². The van der Waals surface area contributed by atoms with Crippen LogP contribution in [0.2, 0.25) is 0 Å². The molecular formula is C4H11BrO2. The van der Waals surface area contributed by atoms with Crippen molar-refractivity contribution in [2.45, 2.75) is 6.92 Å². The fraction of sp³-hybridized carbons (Fsp3) is 1.00. The van der Waals surface area contributed by atoms with Crippen LogP contribution in [0.5, 0.6) is 0 Å². The molecular weight excluding hydrogens is 160 g/mol. The second kappa shape index (κ2) is 16.1. The normalized spacial score (nSPS) is 6.86. The number of rotatable bonds is 1. The van der Waals surface area contributed by atoms with Crippen LogP contribution < -0.4 is 0 Å². The molecule has 0 saturated heterocycles. The molecule has 46 valence electrons. The molecule has 0 aromatic carbocycles. The fourth-order valence-electron chi connectivity index (χ4n) is 0. The minimum Gasteiger partial charge on any atom is -0.394 e. The van der Waals surface area contributed by atoms with Gasteiger partial charge in [0.1, 0.15) is 0 Å². The lowest BCUT2D eigenvalue weighted by molar-refractivity contribution is 0.186. The van der Waals surface area contributed by atoms with Crippen molar-refractivity contribution < 1.29 is 10.2 Å². The Balaban J connectivity index is 0. The van der Waals surface area contributed by atoms with Crippen molar-refractivity contribution >= 4 is 15.9 Å². The maximum absolute atomic E-state index is 7.62. The highest BCUT2D eigenvalue weighted by Crippen LogP contribution is 1.67. The monoisotopic (exact) mass is 170 g/mol. The van der Waals surface area contributed by atoms with E-state index in [9.17, 15) is 0 Å². The number of aliphatic hydroxyl groups is 2. The molecule has 0 spiro atoms. The van der Waals surface area contributed by atoms with Crippen molar-refractivity contribution in [3.8, 4) is 0 Å². The van der Waals surface area contributed by atoms with Gasteiger partial charge in [0, 0.05) is 5.33 Å². The molecule has 0 heterocycles. The predicted octanol–water partition coefficient (Wildman–Crippen LogP) is 0.372. The maximum Gasteiger partial charge on any atom is 0.0662 e. The van der Waals surface area contributed by atoms with Crippen molar-refractivity contribution in [2.75, 3.05) is 18.5 Å². The SMILES string of the molecule is CCBr.OCCO. The van der Waals surface area contributed by atoms with Crippen LogP contribution in [0.1, 0.15) is 6.92 Å². The quantitative estimate of drug-likeness (QED) is 0.559. The molecule has 2 nitrogen and oxygen atoms in total. The maximum atomic E-state index is 7.62. The summed E-state index contributed by atoms with van der Waals surface area (Å²) < 4.78 is 0. The lowest BCUT2D eigenvalue weighted by atomic mass is 10.8. The van der Waals surface area contributed by atoms with Gasteiger partial charge in [0.2, 0.25) is 0 Å². The topological polar surface area (TPSA) is 40.5 Å². The third kappa shape index (κ3) is 63.2. The van der Waals surface area contributed by atoms with Crippen molar-refractivity contribution in [3.05, 3.63) is 0 Å². The molecule has 0 aliphatic rings. The zero-order valence-corrected chi connectivity index (χ0v) is 5.98. The van der Waals surface area contributed by atoms with Gasteiger partial charge in [0.05, 0.1) is 13.2 Å². The molecule has 0 saturated carbocycles. The Bertz CT molecular complexity index is 17.2. The Morgan fingerprint density at radius 2 is 1.43 bits per heavy atom. The molecule has 3 heteroatoms. The van der Waals surface area contributed by atoms with E-state index in [1.54, 1.807) is 0 Å². The van der Waals surface area contributed by atoms with Crippen LogP contribution in [-0.2, 0) is 0 Å². The van der Waals surface area contributed by atoms with Gasteiger partial charge in [0.15, 0.2) is 0 Å². The van der Waals surface area contributed by atoms with Crippen LogP contribution in [0.15, 0.2) is 0 Å². The van der Waals surface area contributed by atoms with E-state index in [1.807, 2.05) is 6.92 Å². The van der Waals surface area contributed by atoms with E-state index < -0.39 is 0 Å². The Kier molecular flexibility index (Phi) is 24.0. The highest BCUT2D eigenvalue weighted by atomic mass is 79.9. The number of hydrogen-bond donors (Lipinski definition) is 2. The summed E-state index contributed by atoms with van der Waals surface area (Å²) in [6, 6.07) is 0. The second-order valence-electron chi connectivity index (χ2n) is 0.714. The van der Waals surface area contributed by atoms with Gasteiger partial charge < -0.3 is 10.2 Å². The lowest BCUT2D eigenvalue weighted by Gasteiger charge is -1.70. The Morgan fingerprint density at radius 3 is 1.43 bits per heavy atom. The van der Waals surface area contributed by atoms with Crippen LogP contribution in [0.3, 0.4) is 0 Å². The zero-order valence-electron chi connectivity index (χ0n) is 4.39. The van der Waals surface area contributed by atoms with E-state index in [-0.39, 0.29) is 13.2 Å². The Labute approximate surface area is 52.3 Å². The Morgan fingerprint density at radius 1 is 1.29 bits per heavy atom. The van der Waals surface area contributed by atoms with Crippen molar-refractivity contribution in [1.82, 2.24) is 0 Å². The third-order valence-electron chi connectivity index (χ3n) is 0.1000. The summed E-state index contributed by atoms with van der Waals surface area (Å²) in [5.74, 6) is 0. The molecule has 7 heavy (non-hydrogen) atoms. The average Bonchev–Trinajstić information content (AvgIpc) is 1.69. The van der Waals surface area contributed by atoms with Gasteiger partial charge in [-0.1, -0.05) is 22.9 Å². The van der Waals surface area contributed by atoms with Crippen LogP contribution in [0.4, 0.5) is 0 Å². The van der Waals surface area contributed by atoms with Crippen LogP contribution >= 0.6 is 15.9 Å². The summed E-state index contributed by atoms with van der Waals surface area (Å²) >= 11 is 3.15. The van der Waals surface area contributed by atoms with Crippen molar-refractivity contribution in [2.24, 2.45) is 0 Å². The second-order valence-corrected chi connectivity index (χ2v) is 1.84. The molecule has 0 aromatic rings. The van der Waals surface area contributed by atoms with E-state index in [0.717, 1.165) is 5.33 Å². The molecule has 0 amide bonds. The van der Waals surface area contributed by atoms with Gasteiger partial charge in [-0.15, -0.1) is 0 Å². The molecule has 2 N–H and O–H groups in total. The zero-order chi connectivity index (χ0) is 6.12. The molecule has 0 unspecified atom stereocenters. The van der Waals surface area contributed by atoms with Crippen LogP contribution in [0.25, 0.3) is 0 Å². The minimum atomic E-state index is -0.125. The molecule has 0 bridgehead atoms. The standard InChI is InChI=1S/C2H5Br.C2H6O2/c1-2-3;3-1-2-4/h2H2,1H3;3-4H,1-2H2. The average molecular weight is 171 g/mol. The van der Waals surface area contributed by atoms with Crippen LogP contribution in [-0.4, -0.2) is 28.8 Å². The molecule has 0 fully saturated rings. The largest absolute Gasteiger partial charge is 0.394 e. The van der Waals surface area contributed by atoms with E-state index >= 15 is 0 Å². The minimum absolute atomic E-state index is 0.125. The Hall–Kier alpha value is 0.400. The third-order valence-corrected chi connectivity index (χ3v) is 0.1000. The molecule has 0 atom stereocenters. The summed E-state index contributed by atoms with van der Waals surface area (Å²) in [7, 11) is 0. The number of aliphatic hydroxyl groups excluding tert-OH is 2. The summed E-state index contributed by atoms with van der Waals surface area (Å²) in [6.07, 6.45) is 0. The first-order valence-corrected chi connectivity index (χ1v) is 3.23. The molecule has 0 aliphatic heterocycles. The van der Waals surface area contributed by atoms with E-state index in [2.05, 4.69) is 15.9 Å². The van der Waals surface area contributed by atoms with Crippen molar-refractivity contribution in [3.63, 3.8) is 0 Å². The molecule has 0 rings (SSSR count). The van der Waals surface area contributed by atoms with Gasteiger partial charge in [-0.3, -0.25) is 0 Å². The highest BCUT2D eigenvalue weighted by Gasteiger charge is 1.58. The van der Waals surface area contributed by atoms with Gasteiger partial charge >= 0.3 is 0 Å². The summed E-state index contributed by atoms with van der Waals surface area (Å²) in [6.45, 7) is 1.79. The molecule has 0 radical (unpaired) electrons. The molecule has 0 aromatic heterocycles. The first-order valence-electron chi connectivity index (χ1n) is 2.11. The smallest absolute Gasteiger partial charge is 0.0662 e. The lowest BCUT2D eigenvalue weighted by Crippen LogP contribution is -1.85. The van der Waals surface area contributed by atoms with E-state index in [4.69, 9.17) is 10.2 Å². The predicted molar refractivity (Wildman–Crippen MR) is 33.6 cm³/mol. The number of hydrogen-bond acceptors (Lipinski definition) is 2. The first kappa shape index (κ1) is 10.4. The van der Waals surface area contributed by atoms with E-state index in [0.29, 0.717) is 0 Å². The number of halogens is 1.